The molecule has 0 bridgehead atoms. The molecule has 3 N–H and O–H groups in total. The number of piperazine rings is 1. The second-order valence-electron chi connectivity index (χ2n) is 10.5. The minimum Gasteiger partial charge on any atom is -0.376 e. The number of amides is 5. The highest BCUT2D eigenvalue weighted by Crippen LogP contribution is 2.36. The van der Waals surface area contributed by atoms with E-state index >= 15 is 0 Å². The molecule has 0 aliphatic carbocycles. The van der Waals surface area contributed by atoms with Crippen LogP contribution in [0.3, 0.4) is 0 Å². The maximum absolute atomic E-state index is 13.8. The summed E-state index contributed by atoms with van der Waals surface area (Å²) in [6.45, 7) is -0.797. The summed E-state index contributed by atoms with van der Waals surface area (Å²) in [6, 6.07) is 12.3. The molecule has 0 radical (unpaired) electrons. The standard InChI is InChI=1S/C28H33F3N6O5/c1-19(32)23(38)34-14-21(16-42-15-20-7-3-2-4-8-20)24(39)35-11-12-37-26(41)36(18-28(29,30)31)25(40)27(37,17-35)13-22-9-5-6-10-33-22/h2-10,19,21H,11-18,32H2,1H3,(H,34,38)/t19?,21-,27+/m1/s1. The Labute approximate surface area is 240 Å². The number of fused-ring (bicyclic) bond motifs is 1. The van der Waals surface area contributed by atoms with E-state index in [1.165, 1.54) is 18.0 Å². The lowest BCUT2D eigenvalue weighted by molar-refractivity contribution is -0.157. The van der Waals surface area contributed by atoms with Crippen LogP contribution in [0.15, 0.2) is 54.7 Å². The van der Waals surface area contributed by atoms with Gasteiger partial charge in [-0.1, -0.05) is 36.4 Å². The Morgan fingerprint density at radius 2 is 1.83 bits per heavy atom. The normalized spacial score (nSPS) is 20.4. The molecule has 5 amide bonds. The molecule has 2 saturated heterocycles. The first-order valence-electron chi connectivity index (χ1n) is 13.5. The highest BCUT2D eigenvalue weighted by atomic mass is 19.4. The summed E-state index contributed by atoms with van der Waals surface area (Å²) in [5.41, 5.74) is 5.11. The SMILES string of the molecule is CC(N)C(=O)NC[C@H](COCc1ccccc1)C(=O)N1CCN2C(=O)N(CC(F)(F)F)C(=O)[C@]2(Cc2ccccn2)C1. The van der Waals surface area contributed by atoms with Crippen LogP contribution in [-0.4, -0.2) is 101 Å². The average molecular weight is 591 g/mol. The molecule has 1 aromatic carbocycles. The van der Waals surface area contributed by atoms with Crippen molar-refractivity contribution >= 4 is 23.8 Å². The Balaban J connectivity index is 1.58. The van der Waals surface area contributed by atoms with Crippen molar-refractivity contribution in [1.29, 1.82) is 0 Å². The number of nitrogens with two attached hydrogens (primary N) is 1. The van der Waals surface area contributed by atoms with E-state index in [-0.39, 0.29) is 50.7 Å². The number of ether oxygens (including phenoxy) is 1. The Hall–Kier alpha value is -4.04. The highest BCUT2D eigenvalue weighted by molar-refractivity contribution is 6.08. The third-order valence-electron chi connectivity index (χ3n) is 7.23. The topological polar surface area (TPSA) is 138 Å². The van der Waals surface area contributed by atoms with E-state index < -0.39 is 54.0 Å². The van der Waals surface area contributed by atoms with E-state index in [4.69, 9.17) is 10.5 Å². The average Bonchev–Trinajstić information content (AvgIpc) is 3.15. The van der Waals surface area contributed by atoms with Crippen molar-refractivity contribution in [3.05, 3.63) is 66.0 Å². The van der Waals surface area contributed by atoms with Gasteiger partial charge in [0.05, 0.1) is 31.7 Å². The number of halogens is 3. The minimum atomic E-state index is -4.80. The minimum absolute atomic E-state index is 0.0297. The molecule has 2 fully saturated rings. The number of benzene rings is 1. The Kier molecular flexibility index (Phi) is 9.46. The number of urea groups is 1. The van der Waals surface area contributed by atoms with Gasteiger partial charge in [0.2, 0.25) is 11.8 Å². The summed E-state index contributed by atoms with van der Waals surface area (Å²) in [4.78, 5) is 59.6. The van der Waals surface area contributed by atoms with Gasteiger partial charge < -0.3 is 25.6 Å². The van der Waals surface area contributed by atoms with Crippen LogP contribution < -0.4 is 11.1 Å². The fourth-order valence-corrected chi connectivity index (χ4v) is 5.15. The quantitative estimate of drug-likeness (QED) is 0.377. The summed E-state index contributed by atoms with van der Waals surface area (Å²) in [5, 5.41) is 2.63. The van der Waals surface area contributed by atoms with Crippen LogP contribution in [0.25, 0.3) is 0 Å². The number of hydrogen-bond acceptors (Lipinski definition) is 7. The van der Waals surface area contributed by atoms with Gasteiger partial charge in [-0.2, -0.15) is 13.2 Å². The molecule has 2 aliphatic rings. The largest absolute Gasteiger partial charge is 0.406 e. The molecule has 4 rings (SSSR count). The lowest BCUT2D eigenvalue weighted by atomic mass is 9.88. The fraction of sp³-hybridized carbons (Fsp3) is 0.464. The van der Waals surface area contributed by atoms with E-state index in [1.54, 1.807) is 18.2 Å². The first kappa shape index (κ1) is 30.9. The number of imide groups is 1. The predicted octanol–water partition coefficient (Wildman–Crippen LogP) is 1.33. The smallest absolute Gasteiger partial charge is 0.376 e. The van der Waals surface area contributed by atoms with Gasteiger partial charge in [0.25, 0.3) is 5.91 Å². The number of alkyl halides is 3. The molecule has 3 atom stereocenters. The van der Waals surface area contributed by atoms with Crippen LogP contribution in [0, 0.1) is 5.92 Å². The molecule has 0 spiro atoms. The van der Waals surface area contributed by atoms with E-state index in [9.17, 15) is 32.3 Å². The van der Waals surface area contributed by atoms with Crippen molar-refractivity contribution in [2.24, 2.45) is 11.7 Å². The van der Waals surface area contributed by atoms with Crippen LogP contribution in [0.1, 0.15) is 18.2 Å². The number of aromatic nitrogens is 1. The van der Waals surface area contributed by atoms with E-state index in [0.29, 0.717) is 5.69 Å². The Morgan fingerprint density at radius 3 is 2.48 bits per heavy atom. The van der Waals surface area contributed by atoms with Crippen molar-refractivity contribution in [3.8, 4) is 0 Å². The molecule has 1 aromatic heterocycles. The second kappa shape index (κ2) is 12.9. The number of rotatable bonds is 11. The lowest BCUT2D eigenvalue weighted by Gasteiger charge is -2.45. The summed E-state index contributed by atoms with van der Waals surface area (Å²) in [6.07, 6.45) is -3.52. The molecule has 11 nitrogen and oxygen atoms in total. The van der Waals surface area contributed by atoms with Gasteiger partial charge in [-0.3, -0.25) is 24.3 Å². The van der Waals surface area contributed by atoms with E-state index in [0.717, 1.165) is 10.5 Å². The van der Waals surface area contributed by atoms with E-state index in [2.05, 4.69) is 10.3 Å². The summed E-state index contributed by atoms with van der Waals surface area (Å²) < 4.78 is 45.8. The Bertz CT molecular complexity index is 1280. The number of pyridine rings is 1. The van der Waals surface area contributed by atoms with Crippen LogP contribution in [0.5, 0.6) is 0 Å². The van der Waals surface area contributed by atoms with Crippen molar-refractivity contribution in [3.63, 3.8) is 0 Å². The molecule has 2 aliphatic heterocycles. The maximum Gasteiger partial charge on any atom is 0.406 e. The molecular weight excluding hydrogens is 557 g/mol. The van der Waals surface area contributed by atoms with Gasteiger partial charge in [0.1, 0.15) is 12.1 Å². The maximum atomic E-state index is 13.8. The lowest BCUT2D eigenvalue weighted by Crippen LogP contribution is -2.66. The highest BCUT2D eigenvalue weighted by Gasteiger charge is 2.61. The van der Waals surface area contributed by atoms with Crippen molar-refractivity contribution in [1.82, 2.24) is 25.0 Å². The molecule has 2 aromatic rings. The zero-order valence-corrected chi connectivity index (χ0v) is 23.0. The van der Waals surface area contributed by atoms with Crippen LogP contribution in [0.4, 0.5) is 18.0 Å². The van der Waals surface area contributed by atoms with Gasteiger partial charge in [0, 0.05) is 37.9 Å². The monoisotopic (exact) mass is 590 g/mol. The number of nitrogens with zero attached hydrogens (tertiary/aromatic N) is 4. The summed E-state index contributed by atoms with van der Waals surface area (Å²) in [5.74, 6) is -2.90. The summed E-state index contributed by atoms with van der Waals surface area (Å²) >= 11 is 0. The van der Waals surface area contributed by atoms with Gasteiger partial charge in [-0.15, -0.1) is 0 Å². The molecule has 14 heteroatoms. The number of carbonyl (C=O) groups excluding carboxylic acids is 4. The van der Waals surface area contributed by atoms with E-state index in [1.807, 2.05) is 30.3 Å². The van der Waals surface area contributed by atoms with Gasteiger partial charge in [-0.25, -0.2) is 4.79 Å². The van der Waals surface area contributed by atoms with Gasteiger partial charge in [-0.05, 0) is 24.6 Å². The molecule has 226 valence electrons. The van der Waals surface area contributed by atoms with Crippen molar-refractivity contribution in [2.45, 2.75) is 37.7 Å². The molecule has 1 unspecified atom stereocenters. The predicted molar refractivity (Wildman–Crippen MR) is 143 cm³/mol. The second-order valence-corrected chi connectivity index (χ2v) is 10.5. The van der Waals surface area contributed by atoms with Crippen LogP contribution in [-0.2, 0) is 32.1 Å². The Morgan fingerprint density at radius 1 is 1.12 bits per heavy atom. The van der Waals surface area contributed by atoms with Gasteiger partial charge >= 0.3 is 12.2 Å². The third kappa shape index (κ3) is 7.05. The fourth-order valence-electron chi connectivity index (χ4n) is 5.15. The van der Waals surface area contributed by atoms with Crippen LogP contribution >= 0.6 is 0 Å². The third-order valence-corrected chi connectivity index (χ3v) is 7.23. The molecule has 3 heterocycles. The summed E-state index contributed by atoms with van der Waals surface area (Å²) in [7, 11) is 0. The first-order chi connectivity index (χ1) is 19.9. The molecule has 42 heavy (non-hydrogen) atoms. The zero-order chi connectivity index (χ0) is 30.5. The molecule has 0 saturated carbocycles. The number of hydrogen-bond donors (Lipinski definition) is 2. The van der Waals surface area contributed by atoms with Crippen LogP contribution in [0.2, 0.25) is 0 Å². The van der Waals surface area contributed by atoms with Crippen molar-refractivity contribution < 1.29 is 37.1 Å². The number of nitrogens with one attached hydrogen (secondary N) is 1. The van der Waals surface area contributed by atoms with Crippen molar-refractivity contribution in [2.75, 3.05) is 39.3 Å². The molecular formula is C28H33F3N6O5. The first-order valence-corrected chi connectivity index (χ1v) is 13.5. The zero-order valence-electron chi connectivity index (χ0n) is 23.0. The number of carbonyl (C=O) groups is 4. The van der Waals surface area contributed by atoms with Gasteiger partial charge in [0.15, 0.2) is 0 Å².